The molecule has 0 saturated carbocycles. The van der Waals surface area contributed by atoms with E-state index in [0.717, 1.165) is 46.8 Å². The van der Waals surface area contributed by atoms with Gasteiger partial charge in [-0.2, -0.15) is 0 Å². The highest BCUT2D eigenvalue weighted by atomic mass is 16.5. The monoisotopic (exact) mass is 493 g/mol. The summed E-state index contributed by atoms with van der Waals surface area (Å²) in [6, 6.07) is 18.3. The number of ether oxygens (including phenoxy) is 6. The lowest BCUT2D eigenvalue weighted by molar-refractivity contribution is 0.0171. The van der Waals surface area contributed by atoms with Gasteiger partial charge in [0, 0.05) is 26.2 Å². The number of hydrogen-bond donors (Lipinski definition) is 0. The van der Waals surface area contributed by atoms with Crippen LogP contribution < -0.4 is 23.7 Å². The minimum atomic E-state index is -0.0780. The van der Waals surface area contributed by atoms with Gasteiger partial charge in [0.15, 0.2) is 23.0 Å². The summed E-state index contributed by atoms with van der Waals surface area (Å²) in [5.41, 5.74) is 4.48. The van der Waals surface area contributed by atoms with Gasteiger partial charge in [-0.05, 0) is 53.4 Å². The molecule has 3 aromatic rings. The molecule has 4 rings (SSSR count). The Balaban J connectivity index is 1.59. The van der Waals surface area contributed by atoms with Crippen LogP contribution in [0.15, 0.2) is 54.6 Å². The van der Waals surface area contributed by atoms with Crippen molar-refractivity contribution in [2.75, 3.05) is 41.6 Å². The second-order valence-electron chi connectivity index (χ2n) is 8.62. The first kappa shape index (κ1) is 25.7. The van der Waals surface area contributed by atoms with Crippen molar-refractivity contribution >= 4 is 0 Å². The van der Waals surface area contributed by atoms with Crippen molar-refractivity contribution in [1.82, 2.24) is 4.90 Å². The number of hydrogen-bond acceptors (Lipinski definition) is 7. The molecule has 0 radical (unpaired) electrons. The summed E-state index contributed by atoms with van der Waals surface area (Å²) in [6.45, 7) is 5.33. The van der Waals surface area contributed by atoms with E-state index in [1.807, 2.05) is 37.3 Å². The minimum Gasteiger partial charge on any atom is -0.493 e. The van der Waals surface area contributed by atoms with Crippen molar-refractivity contribution < 1.29 is 28.4 Å². The molecule has 0 fully saturated rings. The van der Waals surface area contributed by atoms with Gasteiger partial charge in [-0.1, -0.05) is 30.3 Å². The fraction of sp³-hybridized carbons (Fsp3) is 0.379. The van der Waals surface area contributed by atoms with E-state index in [0.29, 0.717) is 37.0 Å². The van der Waals surface area contributed by atoms with E-state index in [-0.39, 0.29) is 6.10 Å². The highest BCUT2D eigenvalue weighted by Gasteiger charge is 2.28. The summed E-state index contributed by atoms with van der Waals surface area (Å²) < 4.78 is 34.6. The number of nitrogens with zero attached hydrogens (tertiary/aromatic N) is 1. The van der Waals surface area contributed by atoms with Gasteiger partial charge in [0.25, 0.3) is 0 Å². The summed E-state index contributed by atoms with van der Waals surface area (Å²) in [5, 5.41) is 0. The van der Waals surface area contributed by atoms with Crippen LogP contribution in [0, 0.1) is 0 Å². The van der Waals surface area contributed by atoms with Crippen LogP contribution in [0.25, 0.3) is 0 Å². The Morgan fingerprint density at radius 2 is 1.47 bits per heavy atom. The molecule has 0 aliphatic carbocycles. The fourth-order valence-corrected chi connectivity index (χ4v) is 4.65. The van der Waals surface area contributed by atoms with E-state index in [9.17, 15) is 0 Å². The molecule has 7 nitrogen and oxygen atoms in total. The molecule has 36 heavy (non-hydrogen) atoms. The van der Waals surface area contributed by atoms with Crippen LogP contribution in [0.5, 0.6) is 28.7 Å². The predicted octanol–water partition coefficient (Wildman–Crippen LogP) is 5.39. The number of methoxy groups -OCH3 is 4. The van der Waals surface area contributed by atoms with E-state index in [2.05, 4.69) is 29.2 Å². The van der Waals surface area contributed by atoms with Gasteiger partial charge in [0.1, 0.15) is 6.61 Å². The maximum atomic E-state index is 6.19. The highest BCUT2D eigenvalue weighted by molar-refractivity contribution is 5.54. The SMILES string of the molecule is CCOC1CN(Cc2cc(OC)c(OC)c(OC)c2)Cc2cc(OC)c(OCc3ccccc3)cc21. The van der Waals surface area contributed by atoms with E-state index in [1.54, 1.807) is 28.4 Å². The standard InChI is InChI=1S/C29H35NO6/c1-6-35-28-18-30(16-21-12-26(32-3)29(34-5)27(13-21)33-4)17-22-14-24(31-2)25(15-23(22)28)36-19-20-10-8-7-9-11-20/h7-15,28H,6,16-19H2,1-5H3. The number of fused-ring (bicyclic) bond motifs is 1. The Morgan fingerprint density at radius 1 is 0.778 bits per heavy atom. The van der Waals surface area contributed by atoms with Crippen molar-refractivity contribution in [1.29, 1.82) is 0 Å². The zero-order chi connectivity index (χ0) is 25.5. The Labute approximate surface area is 213 Å². The van der Waals surface area contributed by atoms with Crippen LogP contribution in [0.1, 0.15) is 35.3 Å². The predicted molar refractivity (Wildman–Crippen MR) is 138 cm³/mol. The molecule has 1 atom stereocenters. The lowest BCUT2D eigenvalue weighted by atomic mass is 9.95. The molecular formula is C29H35NO6. The zero-order valence-corrected chi connectivity index (χ0v) is 21.7. The molecule has 0 aromatic heterocycles. The molecule has 0 saturated heterocycles. The van der Waals surface area contributed by atoms with Crippen molar-refractivity contribution in [3.63, 3.8) is 0 Å². The lowest BCUT2D eigenvalue weighted by Crippen LogP contribution is -2.34. The average Bonchev–Trinajstić information content (AvgIpc) is 2.91. The molecule has 1 heterocycles. The van der Waals surface area contributed by atoms with Crippen LogP contribution in [-0.4, -0.2) is 46.5 Å². The third-order valence-electron chi connectivity index (χ3n) is 6.33. The van der Waals surface area contributed by atoms with Gasteiger partial charge in [-0.3, -0.25) is 4.90 Å². The van der Waals surface area contributed by atoms with Gasteiger partial charge in [-0.25, -0.2) is 0 Å². The average molecular weight is 494 g/mol. The fourth-order valence-electron chi connectivity index (χ4n) is 4.65. The van der Waals surface area contributed by atoms with Crippen LogP contribution in [0.3, 0.4) is 0 Å². The molecule has 1 aliphatic heterocycles. The number of rotatable bonds is 11. The summed E-state index contributed by atoms with van der Waals surface area (Å²) in [4.78, 5) is 2.35. The maximum absolute atomic E-state index is 6.19. The quantitative estimate of drug-likeness (QED) is 0.355. The Bertz CT molecular complexity index is 1120. The van der Waals surface area contributed by atoms with Crippen LogP contribution in [-0.2, 0) is 24.4 Å². The van der Waals surface area contributed by atoms with Gasteiger partial charge >= 0.3 is 0 Å². The summed E-state index contributed by atoms with van der Waals surface area (Å²) in [7, 11) is 6.55. The van der Waals surface area contributed by atoms with Gasteiger partial charge < -0.3 is 28.4 Å². The van der Waals surface area contributed by atoms with Crippen molar-refractivity contribution in [3.8, 4) is 28.7 Å². The maximum Gasteiger partial charge on any atom is 0.203 e. The van der Waals surface area contributed by atoms with Crippen LogP contribution in [0.4, 0.5) is 0 Å². The Hall–Kier alpha value is -3.42. The molecule has 1 aliphatic rings. The van der Waals surface area contributed by atoms with E-state index >= 15 is 0 Å². The second-order valence-corrected chi connectivity index (χ2v) is 8.62. The summed E-state index contributed by atoms with van der Waals surface area (Å²) >= 11 is 0. The second kappa shape index (κ2) is 12.0. The molecule has 0 spiro atoms. The first-order chi connectivity index (χ1) is 17.6. The Morgan fingerprint density at radius 3 is 2.08 bits per heavy atom. The normalized spacial score (nSPS) is 15.2. The largest absolute Gasteiger partial charge is 0.493 e. The van der Waals surface area contributed by atoms with Gasteiger partial charge in [0.2, 0.25) is 5.75 Å². The molecular weight excluding hydrogens is 458 g/mol. The topological polar surface area (TPSA) is 58.6 Å². The third kappa shape index (κ3) is 5.69. The van der Waals surface area contributed by atoms with Crippen molar-refractivity contribution in [2.45, 2.75) is 32.7 Å². The lowest BCUT2D eigenvalue weighted by Gasteiger charge is -2.35. The highest BCUT2D eigenvalue weighted by Crippen LogP contribution is 2.41. The third-order valence-corrected chi connectivity index (χ3v) is 6.33. The van der Waals surface area contributed by atoms with Gasteiger partial charge in [-0.15, -0.1) is 0 Å². The molecule has 0 bridgehead atoms. The van der Waals surface area contributed by atoms with E-state index in [4.69, 9.17) is 28.4 Å². The molecule has 3 aromatic carbocycles. The minimum absolute atomic E-state index is 0.0780. The van der Waals surface area contributed by atoms with Crippen LogP contribution in [0.2, 0.25) is 0 Å². The summed E-state index contributed by atoms with van der Waals surface area (Å²) in [5.74, 6) is 3.32. The molecule has 192 valence electrons. The van der Waals surface area contributed by atoms with Crippen molar-refractivity contribution in [3.05, 3.63) is 76.9 Å². The first-order valence-electron chi connectivity index (χ1n) is 12.1. The first-order valence-corrected chi connectivity index (χ1v) is 12.1. The van der Waals surface area contributed by atoms with E-state index in [1.165, 1.54) is 0 Å². The summed E-state index contributed by atoms with van der Waals surface area (Å²) in [6.07, 6.45) is -0.0780. The smallest absolute Gasteiger partial charge is 0.203 e. The molecule has 0 amide bonds. The van der Waals surface area contributed by atoms with Crippen molar-refractivity contribution in [2.24, 2.45) is 0 Å². The molecule has 7 heteroatoms. The van der Waals surface area contributed by atoms with Crippen LogP contribution >= 0.6 is 0 Å². The zero-order valence-electron chi connectivity index (χ0n) is 21.7. The molecule has 1 unspecified atom stereocenters. The van der Waals surface area contributed by atoms with Gasteiger partial charge in [0.05, 0.1) is 34.5 Å². The number of benzene rings is 3. The Kier molecular flexibility index (Phi) is 8.57. The van der Waals surface area contributed by atoms with E-state index < -0.39 is 0 Å². The molecule has 0 N–H and O–H groups in total.